The summed E-state index contributed by atoms with van der Waals surface area (Å²) >= 11 is 0. The molecule has 0 bridgehead atoms. The SMILES string of the molecule is CCCCCCCCCC/C=C/C(CCCCCCCCCCC)COS(=O)(=O)[O-].[K+]. The third kappa shape index (κ3) is 29.2. The Labute approximate surface area is 237 Å². The van der Waals surface area contributed by atoms with Crippen molar-refractivity contribution in [3.05, 3.63) is 12.2 Å². The van der Waals surface area contributed by atoms with Crippen LogP contribution < -0.4 is 51.4 Å². The van der Waals surface area contributed by atoms with Gasteiger partial charge in [0.2, 0.25) is 10.4 Å². The van der Waals surface area contributed by atoms with E-state index >= 15 is 0 Å². The zero-order valence-electron chi connectivity index (χ0n) is 20.9. The van der Waals surface area contributed by atoms with Crippen LogP contribution in [0.5, 0.6) is 0 Å². The fourth-order valence-corrected chi connectivity index (χ4v) is 4.15. The van der Waals surface area contributed by atoms with E-state index in [4.69, 9.17) is 0 Å². The molecule has 0 amide bonds. The van der Waals surface area contributed by atoms with Gasteiger partial charge in [0.15, 0.2) is 0 Å². The van der Waals surface area contributed by atoms with Crippen molar-refractivity contribution in [2.75, 3.05) is 6.61 Å². The van der Waals surface area contributed by atoms with Gasteiger partial charge in [-0.25, -0.2) is 8.42 Å². The minimum absolute atomic E-state index is 0. The van der Waals surface area contributed by atoms with E-state index in [1.807, 2.05) is 0 Å². The van der Waals surface area contributed by atoms with E-state index in [1.165, 1.54) is 103 Å². The van der Waals surface area contributed by atoms with E-state index in [-0.39, 0.29) is 63.9 Å². The fourth-order valence-electron chi connectivity index (χ4n) is 3.81. The largest absolute Gasteiger partial charge is 1.00 e. The van der Waals surface area contributed by atoms with Gasteiger partial charge in [0, 0.05) is 5.92 Å². The molecular weight excluding hydrogens is 435 g/mol. The van der Waals surface area contributed by atoms with Gasteiger partial charge >= 0.3 is 51.4 Å². The summed E-state index contributed by atoms with van der Waals surface area (Å²) in [6, 6.07) is 0. The molecule has 0 radical (unpaired) electrons. The summed E-state index contributed by atoms with van der Waals surface area (Å²) in [4.78, 5) is 0. The number of hydrogen-bond acceptors (Lipinski definition) is 4. The molecular formula is C25H49KO4S. The first-order valence-electron chi connectivity index (χ1n) is 12.8. The number of hydrogen-bond donors (Lipinski definition) is 0. The summed E-state index contributed by atoms with van der Waals surface area (Å²) in [5.41, 5.74) is 0. The minimum atomic E-state index is -4.61. The number of rotatable bonds is 23. The first kappa shape index (κ1) is 34.4. The van der Waals surface area contributed by atoms with Crippen molar-refractivity contribution in [3.63, 3.8) is 0 Å². The molecule has 0 aromatic rings. The molecule has 1 unspecified atom stereocenters. The predicted molar refractivity (Wildman–Crippen MR) is 127 cm³/mol. The molecule has 1 atom stereocenters. The third-order valence-corrected chi connectivity index (χ3v) is 6.16. The summed E-state index contributed by atoms with van der Waals surface area (Å²) in [5.74, 6) is 0.0207. The van der Waals surface area contributed by atoms with Crippen molar-refractivity contribution in [2.45, 2.75) is 136 Å². The molecule has 0 aliphatic heterocycles. The maximum Gasteiger partial charge on any atom is 1.00 e. The van der Waals surface area contributed by atoms with Gasteiger partial charge in [0.25, 0.3) is 0 Å². The molecule has 0 fully saturated rings. The maximum absolute atomic E-state index is 10.8. The summed E-state index contributed by atoms with van der Waals surface area (Å²) in [6.07, 6.45) is 27.9. The van der Waals surface area contributed by atoms with Crippen LogP contribution in [0, 0.1) is 5.92 Å². The molecule has 0 saturated heterocycles. The Morgan fingerprint density at radius 3 is 1.58 bits per heavy atom. The predicted octanol–water partition coefficient (Wildman–Crippen LogP) is 5.09. The maximum atomic E-state index is 10.8. The molecule has 0 saturated carbocycles. The zero-order valence-corrected chi connectivity index (χ0v) is 24.9. The Bertz CT molecular complexity index is 480. The van der Waals surface area contributed by atoms with Crippen LogP contribution in [0.25, 0.3) is 0 Å². The van der Waals surface area contributed by atoms with Crippen LogP contribution in [-0.2, 0) is 14.6 Å². The summed E-state index contributed by atoms with van der Waals surface area (Å²) in [6.45, 7) is 4.46. The van der Waals surface area contributed by atoms with Crippen LogP contribution >= 0.6 is 0 Å². The Morgan fingerprint density at radius 2 is 1.13 bits per heavy atom. The van der Waals surface area contributed by atoms with Crippen LogP contribution in [0.3, 0.4) is 0 Å². The smallest absolute Gasteiger partial charge is 0.726 e. The minimum Gasteiger partial charge on any atom is -0.726 e. The molecule has 0 spiro atoms. The van der Waals surface area contributed by atoms with Crippen molar-refractivity contribution in [3.8, 4) is 0 Å². The van der Waals surface area contributed by atoms with Gasteiger partial charge in [-0.2, -0.15) is 0 Å². The van der Waals surface area contributed by atoms with E-state index < -0.39 is 10.4 Å². The van der Waals surface area contributed by atoms with Gasteiger partial charge in [-0.1, -0.05) is 129 Å². The van der Waals surface area contributed by atoms with Gasteiger partial charge in [-0.05, 0) is 19.3 Å². The van der Waals surface area contributed by atoms with Crippen molar-refractivity contribution >= 4 is 10.4 Å². The standard InChI is InChI=1S/C25H50O4S.K/c1-3-5-7-9-11-13-15-17-19-21-23-25(24-29-30(26,27)28)22-20-18-16-14-12-10-8-6-4-2;/h21,23,25H,3-20,22,24H2,1-2H3,(H,26,27,28);/q;+1/p-1/b23-21+;. The van der Waals surface area contributed by atoms with E-state index in [0.717, 1.165) is 19.3 Å². The first-order chi connectivity index (χ1) is 14.5. The fraction of sp³-hybridized carbons (Fsp3) is 0.920. The second-order valence-corrected chi connectivity index (χ2v) is 9.81. The Kier molecular flexibility index (Phi) is 28.7. The number of allylic oxidation sites excluding steroid dienone is 1. The van der Waals surface area contributed by atoms with Crippen molar-refractivity contribution in [1.82, 2.24) is 0 Å². The topological polar surface area (TPSA) is 66.4 Å². The summed E-state index contributed by atoms with van der Waals surface area (Å²) < 4.78 is 36.9. The monoisotopic (exact) mass is 484 g/mol. The second kappa shape index (κ2) is 25.9. The summed E-state index contributed by atoms with van der Waals surface area (Å²) in [5, 5.41) is 0. The van der Waals surface area contributed by atoms with Gasteiger partial charge < -0.3 is 4.55 Å². The van der Waals surface area contributed by atoms with E-state index in [0.29, 0.717) is 0 Å². The molecule has 0 aliphatic rings. The van der Waals surface area contributed by atoms with Crippen LogP contribution in [0.1, 0.15) is 136 Å². The van der Waals surface area contributed by atoms with Crippen LogP contribution in [0.4, 0.5) is 0 Å². The Hall–Kier alpha value is 1.25. The molecule has 0 N–H and O–H groups in total. The van der Waals surface area contributed by atoms with Crippen LogP contribution in [0.15, 0.2) is 12.2 Å². The van der Waals surface area contributed by atoms with Crippen molar-refractivity contribution < 1.29 is 68.5 Å². The molecule has 4 nitrogen and oxygen atoms in total. The first-order valence-corrected chi connectivity index (χ1v) is 14.1. The van der Waals surface area contributed by atoms with Crippen LogP contribution in [0.2, 0.25) is 0 Å². The molecule has 0 heterocycles. The molecule has 6 heteroatoms. The summed E-state index contributed by atoms with van der Waals surface area (Å²) in [7, 11) is -4.61. The van der Waals surface area contributed by atoms with E-state index in [9.17, 15) is 13.0 Å². The number of unbranched alkanes of at least 4 members (excludes halogenated alkanes) is 16. The molecule has 0 aromatic carbocycles. The van der Waals surface area contributed by atoms with E-state index in [1.54, 1.807) is 0 Å². The average molecular weight is 485 g/mol. The van der Waals surface area contributed by atoms with Crippen molar-refractivity contribution in [1.29, 1.82) is 0 Å². The molecule has 0 aliphatic carbocycles. The Balaban J connectivity index is 0. The van der Waals surface area contributed by atoms with Gasteiger partial charge in [-0.3, -0.25) is 4.18 Å². The molecule has 0 aromatic heterocycles. The molecule has 180 valence electrons. The quantitative estimate of drug-likeness (QED) is 0.0666. The molecule has 31 heavy (non-hydrogen) atoms. The van der Waals surface area contributed by atoms with Gasteiger partial charge in [0.05, 0.1) is 6.61 Å². The Morgan fingerprint density at radius 1 is 0.710 bits per heavy atom. The average Bonchev–Trinajstić information content (AvgIpc) is 2.70. The third-order valence-electron chi connectivity index (χ3n) is 5.74. The van der Waals surface area contributed by atoms with Gasteiger partial charge in [0.1, 0.15) is 0 Å². The zero-order chi connectivity index (χ0) is 22.3. The van der Waals surface area contributed by atoms with Gasteiger partial charge in [-0.15, -0.1) is 0 Å². The van der Waals surface area contributed by atoms with Crippen LogP contribution in [-0.4, -0.2) is 19.6 Å². The second-order valence-electron chi connectivity index (χ2n) is 8.76. The van der Waals surface area contributed by atoms with Crippen molar-refractivity contribution in [2.24, 2.45) is 5.92 Å². The van der Waals surface area contributed by atoms with E-state index in [2.05, 4.69) is 30.2 Å². The normalized spacial score (nSPS) is 12.9. The molecule has 0 rings (SSSR count).